The lowest BCUT2D eigenvalue weighted by molar-refractivity contribution is 0.0452. The van der Waals surface area contributed by atoms with Crippen LogP contribution in [0, 0.1) is 0 Å². The normalized spacial score (nSPS) is 17.2. The Bertz CT molecular complexity index is 482. The molecule has 1 fully saturated rings. The number of halogens is 2. The van der Waals surface area contributed by atoms with E-state index in [1.165, 1.54) is 0 Å². The summed E-state index contributed by atoms with van der Waals surface area (Å²) in [6.07, 6.45) is 3.02. The molecule has 0 aliphatic carbocycles. The first kappa shape index (κ1) is 18.0. The summed E-state index contributed by atoms with van der Waals surface area (Å²) in [7, 11) is 0. The summed E-state index contributed by atoms with van der Waals surface area (Å²) >= 11 is 12.3. The topological polar surface area (TPSA) is 35.5 Å². The Hall–Kier alpha value is -0.320. The molecule has 1 aromatic rings. The van der Waals surface area contributed by atoms with E-state index < -0.39 is 5.60 Å². The summed E-state index contributed by atoms with van der Waals surface area (Å²) in [6.45, 7) is 7.51. The average molecular weight is 345 g/mol. The van der Waals surface area contributed by atoms with E-state index in [1.54, 1.807) is 6.07 Å². The van der Waals surface area contributed by atoms with Crippen molar-refractivity contribution >= 4 is 23.2 Å². The van der Waals surface area contributed by atoms with Crippen LogP contribution in [-0.4, -0.2) is 41.3 Å². The Morgan fingerprint density at radius 2 is 1.95 bits per heavy atom. The highest BCUT2D eigenvalue weighted by molar-refractivity contribution is 6.35. The molecular weight excluding hydrogens is 319 g/mol. The fourth-order valence-corrected chi connectivity index (χ4v) is 3.32. The van der Waals surface area contributed by atoms with Crippen molar-refractivity contribution in [3.05, 3.63) is 33.8 Å². The van der Waals surface area contributed by atoms with Gasteiger partial charge >= 0.3 is 0 Å². The van der Waals surface area contributed by atoms with E-state index in [0.717, 1.165) is 56.0 Å². The zero-order chi connectivity index (χ0) is 16.2. The Morgan fingerprint density at radius 1 is 1.27 bits per heavy atom. The van der Waals surface area contributed by atoms with Crippen LogP contribution in [0.15, 0.2) is 18.2 Å². The Morgan fingerprint density at radius 3 is 2.55 bits per heavy atom. The molecule has 2 N–H and O–H groups in total. The van der Waals surface area contributed by atoms with E-state index in [2.05, 4.69) is 10.2 Å². The third-order valence-corrected chi connectivity index (χ3v) is 4.81. The number of piperidine rings is 1. The number of nitrogens with zero attached hydrogens (tertiary/aromatic N) is 1. The van der Waals surface area contributed by atoms with Crippen molar-refractivity contribution in [2.45, 2.75) is 51.3 Å². The molecule has 1 aliphatic rings. The predicted molar refractivity (Wildman–Crippen MR) is 93.7 cm³/mol. The van der Waals surface area contributed by atoms with Crippen LogP contribution in [0.3, 0.4) is 0 Å². The maximum absolute atomic E-state index is 10.0. The lowest BCUT2D eigenvalue weighted by Crippen LogP contribution is -2.44. The number of hydrogen-bond donors (Lipinski definition) is 2. The first-order chi connectivity index (χ1) is 10.3. The average Bonchev–Trinajstić information content (AvgIpc) is 2.45. The van der Waals surface area contributed by atoms with E-state index in [1.807, 2.05) is 26.0 Å². The molecule has 124 valence electrons. The smallest absolute Gasteiger partial charge is 0.0603 e. The first-order valence-corrected chi connectivity index (χ1v) is 8.72. The van der Waals surface area contributed by atoms with Gasteiger partial charge in [0.25, 0.3) is 0 Å². The minimum Gasteiger partial charge on any atom is -0.390 e. The summed E-state index contributed by atoms with van der Waals surface area (Å²) in [5.41, 5.74) is 0.454. The Labute approximate surface area is 143 Å². The molecule has 0 amide bonds. The van der Waals surface area contributed by atoms with Crippen molar-refractivity contribution in [2.75, 3.05) is 19.6 Å². The van der Waals surface area contributed by atoms with Crippen LogP contribution in [0.4, 0.5) is 0 Å². The fourth-order valence-electron chi connectivity index (χ4n) is 2.85. The number of hydrogen-bond acceptors (Lipinski definition) is 3. The Kier molecular flexibility index (Phi) is 6.54. The highest BCUT2D eigenvalue weighted by Crippen LogP contribution is 2.25. The maximum atomic E-state index is 10.0. The van der Waals surface area contributed by atoms with E-state index in [4.69, 9.17) is 23.2 Å². The molecule has 0 spiro atoms. The van der Waals surface area contributed by atoms with Gasteiger partial charge in [0.15, 0.2) is 0 Å². The third-order valence-electron chi connectivity index (χ3n) is 4.22. The van der Waals surface area contributed by atoms with Crippen LogP contribution < -0.4 is 5.32 Å². The minimum atomic E-state index is -0.644. The maximum Gasteiger partial charge on any atom is 0.0603 e. The standard InChI is InChI=1S/C17H26Cl2N2O/c1-17(2,22)7-10-21(15-5-8-20-9-6-15)12-13-3-4-14(18)11-16(13)19/h3-4,11,15,20,22H,5-10,12H2,1-2H3. The molecule has 0 aromatic heterocycles. The predicted octanol–water partition coefficient (Wildman–Crippen LogP) is 3.71. The number of nitrogens with one attached hydrogen (secondary N) is 1. The van der Waals surface area contributed by atoms with Crippen LogP contribution in [0.5, 0.6) is 0 Å². The summed E-state index contributed by atoms with van der Waals surface area (Å²) in [5.74, 6) is 0. The largest absolute Gasteiger partial charge is 0.390 e. The zero-order valence-electron chi connectivity index (χ0n) is 13.4. The lowest BCUT2D eigenvalue weighted by atomic mass is 10.0. The second-order valence-corrected chi connectivity index (χ2v) is 7.59. The molecule has 1 heterocycles. The second-order valence-electron chi connectivity index (χ2n) is 6.75. The molecule has 0 saturated carbocycles. The second kappa shape index (κ2) is 7.98. The van der Waals surface area contributed by atoms with Gasteiger partial charge in [-0.05, 0) is 63.9 Å². The van der Waals surface area contributed by atoms with Gasteiger partial charge in [0.1, 0.15) is 0 Å². The number of aliphatic hydroxyl groups is 1. The van der Waals surface area contributed by atoms with Crippen LogP contribution in [0.1, 0.15) is 38.7 Å². The highest BCUT2D eigenvalue weighted by Gasteiger charge is 2.24. The minimum absolute atomic E-state index is 0.537. The quantitative estimate of drug-likeness (QED) is 0.825. The molecular formula is C17H26Cl2N2O. The molecule has 0 bridgehead atoms. The summed E-state index contributed by atoms with van der Waals surface area (Å²) in [4.78, 5) is 2.45. The lowest BCUT2D eigenvalue weighted by Gasteiger charge is -2.36. The van der Waals surface area contributed by atoms with E-state index in [9.17, 15) is 5.11 Å². The molecule has 0 radical (unpaired) electrons. The Balaban J connectivity index is 2.08. The van der Waals surface area contributed by atoms with Gasteiger partial charge in [0.05, 0.1) is 5.60 Å². The van der Waals surface area contributed by atoms with Crippen LogP contribution in [-0.2, 0) is 6.54 Å². The van der Waals surface area contributed by atoms with E-state index in [-0.39, 0.29) is 0 Å². The third kappa shape index (κ3) is 5.71. The number of rotatable bonds is 6. The molecule has 0 atom stereocenters. The van der Waals surface area contributed by atoms with Gasteiger partial charge in [-0.25, -0.2) is 0 Å². The van der Waals surface area contributed by atoms with Crippen molar-refractivity contribution < 1.29 is 5.11 Å². The molecule has 5 heteroatoms. The van der Waals surface area contributed by atoms with Crippen molar-refractivity contribution in [3.63, 3.8) is 0 Å². The summed E-state index contributed by atoms with van der Waals surface area (Å²) in [5, 5.41) is 14.8. The van der Waals surface area contributed by atoms with E-state index >= 15 is 0 Å². The van der Waals surface area contributed by atoms with Crippen LogP contribution >= 0.6 is 23.2 Å². The van der Waals surface area contributed by atoms with Crippen LogP contribution in [0.25, 0.3) is 0 Å². The zero-order valence-corrected chi connectivity index (χ0v) is 14.9. The van der Waals surface area contributed by atoms with Gasteiger partial charge < -0.3 is 10.4 Å². The molecule has 2 rings (SSSR count). The molecule has 1 aliphatic heterocycles. The van der Waals surface area contributed by atoms with Gasteiger partial charge in [-0.2, -0.15) is 0 Å². The van der Waals surface area contributed by atoms with Crippen molar-refractivity contribution in [1.82, 2.24) is 10.2 Å². The van der Waals surface area contributed by atoms with Gasteiger partial charge in [0, 0.05) is 29.2 Å². The van der Waals surface area contributed by atoms with E-state index in [0.29, 0.717) is 11.1 Å². The highest BCUT2D eigenvalue weighted by atomic mass is 35.5. The first-order valence-electron chi connectivity index (χ1n) is 7.96. The van der Waals surface area contributed by atoms with Crippen molar-refractivity contribution in [1.29, 1.82) is 0 Å². The van der Waals surface area contributed by atoms with Crippen LogP contribution in [0.2, 0.25) is 10.0 Å². The molecule has 0 unspecified atom stereocenters. The molecule has 22 heavy (non-hydrogen) atoms. The van der Waals surface area contributed by atoms with Gasteiger partial charge in [0.2, 0.25) is 0 Å². The summed E-state index contributed by atoms with van der Waals surface area (Å²) in [6, 6.07) is 6.23. The monoisotopic (exact) mass is 344 g/mol. The van der Waals surface area contributed by atoms with Gasteiger partial charge in [-0.15, -0.1) is 0 Å². The number of benzene rings is 1. The SMILES string of the molecule is CC(C)(O)CCN(Cc1ccc(Cl)cc1Cl)C1CCNCC1. The van der Waals surface area contributed by atoms with Crippen molar-refractivity contribution in [3.8, 4) is 0 Å². The molecule has 3 nitrogen and oxygen atoms in total. The molecule has 1 aromatic carbocycles. The summed E-state index contributed by atoms with van der Waals surface area (Å²) < 4.78 is 0. The van der Waals surface area contributed by atoms with Gasteiger partial charge in [-0.3, -0.25) is 4.90 Å². The molecule has 1 saturated heterocycles. The fraction of sp³-hybridized carbons (Fsp3) is 0.647. The van der Waals surface area contributed by atoms with Crippen molar-refractivity contribution in [2.24, 2.45) is 0 Å². The van der Waals surface area contributed by atoms with Gasteiger partial charge in [-0.1, -0.05) is 29.3 Å².